The normalized spacial score (nSPS) is 18.1. The van der Waals surface area contributed by atoms with Crippen LogP contribution in [0.2, 0.25) is 0 Å². The summed E-state index contributed by atoms with van der Waals surface area (Å²) in [6, 6.07) is 40.9. The van der Waals surface area contributed by atoms with Gasteiger partial charge in [-0.2, -0.15) is 0 Å². The molecule has 9 rings (SSSR count). The van der Waals surface area contributed by atoms with Gasteiger partial charge in [0.2, 0.25) is 0 Å². The number of nitrogens with zero attached hydrogens (tertiary/aromatic N) is 3. The van der Waals surface area contributed by atoms with Crippen LogP contribution in [0.15, 0.2) is 147 Å². The number of halogens is 1. The van der Waals surface area contributed by atoms with Crippen molar-refractivity contribution in [1.82, 2.24) is 9.88 Å². The number of benzene rings is 5. The highest BCUT2D eigenvalue weighted by Crippen LogP contribution is 2.52. The second-order valence-corrected chi connectivity index (χ2v) is 14.1. The van der Waals surface area contributed by atoms with Crippen LogP contribution in [0.25, 0.3) is 33.1 Å². The van der Waals surface area contributed by atoms with Gasteiger partial charge in [-0.15, -0.1) is 0 Å². The Hall–Kier alpha value is -5.00. The van der Waals surface area contributed by atoms with E-state index < -0.39 is 0 Å². The van der Waals surface area contributed by atoms with Crippen LogP contribution in [0, 0.1) is 0 Å². The van der Waals surface area contributed by atoms with Gasteiger partial charge in [-0.05, 0) is 83.1 Å². The van der Waals surface area contributed by atoms with Crippen molar-refractivity contribution in [2.75, 3.05) is 0 Å². The van der Waals surface area contributed by atoms with Gasteiger partial charge in [0.05, 0.1) is 11.0 Å². The van der Waals surface area contributed by atoms with Gasteiger partial charge in [-0.25, -0.2) is 9.98 Å². The Morgan fingerprint density at radius 1 is 0.745 bits per heavy atom. The first kappa shape index (κ1) is 28.2. The molecule has 0 saturated heterocycles. The maximum absolute atomic E-state index is 5.15. The Bertz CT molecular complexity index is 2360. The van der Waals surface area contributed by atoms with Crippen LogP contribution in [-0.4, -0.2) is 16.2 Å². The molecule has 0 amide bonds. The largest absolute Gasteiger partial charge is 0.324 e. The second-order valence-electron chi connectivity index (χ2n) is 13.2. The predicted octanol–water partition coefficient (Wildman–Crippen LogP) is 10.4. The number of amidine groups is 2. The molecule has 0 fully saturated rings. The Labute approximate surface area is 283 Å². The second kappa shape index (κ2) is 10.8. The van der Waals surface area contributed by atoms with Gasteiger partial charge in [0.15, 0.2) is 6.17 Å². The summed E-state index contributed by atoms with van der Waals surface area (Å²) >= 11 is 3.77. The van der Waals surface area contributed by atoms with E-state index in [0.717, 1.165) is 51.4 Å². The van der Waals surface area contributed by atoms with Crippen molar-refractivity contribution in [3.8, 4) is 5.69 Å². The van der Waals surface area contributed by atoms with Gasteiger partial charge in [0.1, 0.15) is 11.7 Å². The number of hydrogen-bond donors (Lipinski definition) is 1. The van der Waals surface area contributed by atoms with Crippen LogP contribution >= 0.6 is 15.9 Å². The molecule has 2 aliphatic carbocycles. The third-order valence-electron chi connectivity index (χ3n) is 9.97. The van der Waals surface area contributed by atoms with Gasteiger partial charge in [-0.3, -0.25) is 0 Å². The van der Waals surface area contributed by atoms with Crippen molar-refractivity contribution in [3.05, 3.63) is 165 Å². The van der Waals surface area contributed by atoms with E-state index in [-0.39, 0.29) is 11.6 Å². The zero-order valence-corrected chi connectivity index (χ0v) is 27.9. The SMILES string of the molecule is CC1(C)C2=C(CCC=C2)c2cc3c4cc(Br)ccc4n(-c4cccc(C5=NC(c6ccccc6)N=C(c6ccccc6)N5)c4)c3cc21. The fraction of sp³-hybridized carbons (Fsp3) is 0.143. The number of nitrogens with one attached hydrogen (secondary N) is 1. The summed E-state index contributed by atoms with van der Waals surface area (Å²) in [6.45, 7) is 4.75. The van der Waals surface area contributed by atoms with E-state index in [4.69, 9.17) is 9.98 Å². The molecule has 1 aromatic heterocycles. The van der Waals surface area contributed by atoms with Crippen molar-refractivity contribution in [3.63, 3.8) is 0 Å². The third-order valence-corrected chi connectivity index (χ3v) is 10.5. The fourth-order valence-electron chi connectivity index (χ4n) is 7.66. The molecule has 228 valence electrons. The summed E-state index contributed by atoms with van der Waals surface area (Å²) in [5.41, 5.74) is 12.4. The molecule has 0 spiro atoms. The first-order valence-electron chi connectivity index (χ1n) is 16.3. The highest BCUT2D eigenvalue weighted by molar-refractivity contribution is 9.10. The maximum Gasteiger partial charge on any atom is 0.169 e. The highest BCUT2D eigenvalue weighted by atomic mass is 79.9. The molecule has 47 heavy (non-hydrogen) atoms. The zero-order chi connectivity index (χ0) is 31.7. The molecule has 6 aromatic rings. The van der Waals surface area contributed by atoms with E-state index in [1.54, 1.807) is 0 Å². The number of aromatic nitrogens is 1. The smallest absolute Gasteiger partial charge is 0.169 e. The van der Waals surface area contributed by atoms with Gasteiger partial charge in [0.25, 0.3) is 0 Å². The molecule has 2 heterocycles. The van der Waals surface area contributed by atoms with Crippen LogP contribution < -0.4 is 5.32 Å². The van der Waals surface area contributed by atoms with Crippen molar-refractivity contribution < 1.29 is 0 Å². The van der Waals surface area contributed by atoms with Crippen molar-refractivity contribution in [1.29, 1.82) is 0 Å². The van der Waals surface area contributed by atoms with E-state index in [2.05, 4.69) is 131 Å². The fourth-order valence-corrected chi connectivity index (χ4v) is 8.02. The number of rotatable bonds is 4. The molecule has 4 nitrogen and oxygen atoms in total. The minimum Gasteiger partial charge on any atom is -0.324 e. The van der Waals surface area contributed by atoms with E-state index in [1.807, 2.05) is 36.4 Å². The lowest BCUT2D eigenvalue weighted by Crippen LogP contribution is -2.36. The van der Waals surface area contributed by atoms with Crippen LogP contribution in [-0.2, 0) is 5.41 Å². The predicted molar refractivity (Wildman–Crippen MR) is 199 cm³/mol. The number of aliphatic imine (C=N–C) groups is 2. The molecule has 1 unspecified atom stereocenters. The molecule has 0 bridgehead atoms. The van der Waals surface area contributed by atoms with E-state index in [9.17, 15) is 0 Å². The monoisotopic (exact) mass is 672 g/mol. The van der Waals surface area contributed by atoms with Gasteiger partial charge in [-0.1, -0.05) is 115 Å². The lowest BCUT2D eigenvalue weighted by molar-refractivity contribution is 0.652. The quantitative estimate of drug-likeness (QED) is 0.199. The summed E-state index contributed by atoms with van der Waals surface area (Å²) in [4.78, 5) is 10.2. The zero-order valence-electron chi connectivity index (χ0n) is 26.3. The number of hydrogen-bond acceptors (Lipinski definition) is 3. The van der Waals surface area contributed by atoms with E-state index >= 15 is 0 Å². The van der Waals surface area contributed by atoms with Gasteiger partial charge >= 0.3 is 0 Å². The lowest BCUT2D eigenvalue weighted by Gasteiger charge is -2.24. The van der Waals surface area contributed by atoms with Crippen LogP contribution in [0.4, 0.5) is 0 Å². The molecular weight excluding hydrogens is 640 g/mol. The lowest BCUT2D eigenvalue weighted by atomic mass is 9.80. The first-order chi connectivity index (χ1) is 23.0. The average molecular weight is 674 g/mol. The molecule has 0 radical (unpaired) electrons. The number of allylic oxidation sites excluding steroid dienone is 4. The van der Waals surface area contributed by atoms with Crippen LogP contribution in [0.5, 0.6) is 0 Å². The van der Waals surface area contributed by atoms with Crippen molar-refractivity contribution >= 4 is 55.0 Å². The van der Waals surface area contributed by atoms with Crippen molar-refractivity contribution in [2.24, 2.45) is 9.98 Å². The summed E-state index contributed by atoms with van der Waals surface area (Å²) in [5, 5.41) is 6.11. The molecule has 1 aliphatic heterocycles. The van der Waals surface area contributed by atoms with Crippen LogP contribution in [0.3, 0.4) is 0 Å². The minimum absolute atomic E-state index is 0.0418. The Balaban J connectivity index is 1.22. The van der Waals surface area contributed by atoms with Crippen LogP contribution in [0.1, 0.15) is 60.7 Å². The Morgan fingerprint density at radius 2 is 1.47 bits per heavy atom. The molecule has 1 atom stereocenters. The number of fused-ring (bicyclic) bond motifs is 5. The van der Waals surface area contributed by atoms with E-state index in [1.165, 1.54) is 44.1 Å². The van der Waals surface area contributed by atoms with Gasteiger partial charge < -0.3 is 9.88 Å². The molecule has 5 aromatic carbocycles. The molecule has 5 heteroatoms. The average Bonchev–Trinajstić information content (AvgIpc) is 3.55. The Morgan fingerprint density at radius 3 is 2.28 bits per heavy atom. The first-order valence-corrected chi connectivity index (χ1v) is 17.1. The molecule has 1 N–H and O–H groups in total. The molecule has 3 aliphatic rings. The third kappa shape index (κ3) is 4.56. The molecular formula is C42H33BrN4. The standard InChI is InChI=1S/C42H33BrN4/c1-42(2)35-19-10-9-18-31(35)32-24-34-33-23-29(43)20-21-37(33)47(38(34)25-36(32)42)30-17-11-16-28(22-30)41-45-39(26-12-5-3-6-13-26)44-40(46-41)27-14-7-4-8-15-27/h3-8,10-17,19-25,39H,9,18H2,1-2H3,(H,44,45,46). The topological polar surface area (TPSA) is 41.7 Å². The van der Waals surface area contributed by atoms with Gasteiger partial charge in [0, 0.05) is 37.5 Å². The highest BCUT2D eigenvalue weighted by Gasteiger charge is 2.38. The summed E-state index contributed by atoms with van der Waals surface area (Å²) in [5.74, 6) is 1.63. The minimum atomic E-state index is -0.339. The Kier molecular flexibility index (Phi) is 6.48. The summed E-state index contributed by atoms with van der Waals surface area (Å²) < 4.78 is 3.51. The van der Waals surface area contributed by atoms with E-state index in [0.29, 0.717) is 0 Å². The van der Waals surface area contributed by atoms with Crippen molar-refractivity contribution in [2.45, 2.75) is 38.3 Å². The maximum atomic E-state index is 5.15. The summed E-state index contributed by atoms with van der Waals surface area (Å²) in [7, 11) is 0. The molecule has 0 saturated carbocycles. The summed E-state index contributed by atoms with van der Waals surface area (Å²) in [6.07, 6.45) is 6.57.